The van der Waals surface area contributed by atoms with Gasteiger partial charge >= 0.3 is 0 Å². The van der Waals surface area contributed by atoms with Crippen LogP contribution in [-0.2, 0) is 4.79 Å². The normalized spacial score (nSPS) is 15.7. The molecule has 9 heteroatoms. The predicted molar refractivity (Wildman–Crippen MR) is 131 cm³/mol. The summed E-state index contributed by atoms with van der Waals surface area (Å²) in [6.07, 6.45) is 7.52. The van der Waals surface area contributed by atoms with E-state index in [-0.39, 0.29) is 11.9 Å². The first-order chi connectivity index (χ1) is 16.1. The highest BCUT2D eigenvalue weighted by Gasteiger charge is 2.26. The minimum atomic E-state index is -0.0922. The standard InChI is InChI=1S/C24H27N5O2S2/c1-16(23-25-18-11-6-7-13-20(18)33-23)28(2)21(30)15-32-24-27-26-22(19-12-8-14-31-19)29(24)17-9-4-3-5-10-17/h6-8,11-14,16-17H,3-5,9-10,15H2,1-2H3/t16-/m0/s1. The van der Waals surface area contributed by atoms with Crippen molar-refractivity contribution >= 4 is 39.2 Å². The van der Waals surface area contributed by atoms with Crippen LogP contribution in [0.4, 0.5) is 0 Å². The maximum absolute atomic E-state index is 13.1. The Balaban J connectivity index is 1.31. The molecule has 0 spiro atoms. The number of carbonyl (C=O) groups is 1. The lowest BCUT2D eigenvalue weighted by Crippen LogP contribution is -2.31. The molecule has 7 nitrogen and oxygen atoms in total. The molecular weight excluding hydrogens is 454 g/mol. The summed E-state index contributed by atoms with van der Waals surface area (Å²) in [6, 6.07) is 12.1. The van der Waals surface area contributed by atoms with Gasteiger partial charge in [0.05, 0.1) is 28.3 Å². The number of carbonyl (C=O) groups excluding carboxylic acids is 1. The van der Waals surface area contributed by atoms with E-state index in [9.17, 15) is 4.79 Å². The number of fused-ring (bicyclic) bond motifs is 1. The summed E-state index contributed by atoms with van der Waals surface area (Å²) in [6.45, 7) is 2.03. The fourth-order valence-corrected chi connectivity index (χ4v) is 6.29. The molecule has 0 N–H and O–H groups in total. The summed E-state index contributed by atoms with van der Waals surface area (Å²) in [5.41, 5.74) is 0.977. The molecule has 4 aromatic rings. The van der Waals surface area contributed by atoms with E-state index in [1.54, 1.807) is 22.5 Å². The number of para-hydroxylation sites is 1. The van der Waals surface area contributed by atoms with Gasteiger partial charge in [0.1, 0.15) is 5.01 Å². The van der Waals surface area contributed by atoms with Crippen molar-refractivity contribution < 1.29 is 9.21 Å². The van der Waals surface area contributed by atoms with E-state index in [1.165, 1.54) is 31.0 Å². The van der Waals surface area contributed by atoms with Crippen LogP contribution in [-0.4, -0.2) is 43.4 Å². The van der Waals surface area contributed by atoms with E-state index < -0.39 is 0 Å². The van der Waals surface area contributed by atoms with Gasteiger partial charge in [-0.1, -0.05) is 43.2 Å². The van der Waals surface area contributed by atoms with Crippen LogP contribution in [0.25, 0.3) is 21.8 Å². The van der Waals surface area contributed by atoms with Crippen LogP contribution in [0.1, 0.15) is 56.1 Å². The van der Waals surface area contributed by atoms with Gasteiger partial charge in [0.25, 0.3) is 0 Å². The first-order valence-corrected chi connectivity index (χ1v) is 13.1. The first-order valence-electron chi connectivity index (χ1n) is 11.3. The van der Waals surface area contributed by atoms with Gasteiger partial charge in [-0.2, -0.15) is 0 Å². The Morgan fingerprint density at radius 1 is 1.21 bits per heavy atom. The Labute approximate surface area is 201 Å². The van der Waals surface area contributed by atoms with Gasteiger partial charge in [-0.15, -0.1) is 21.5 Å². The molecule has 0 bridgehead atoms. The Morgan fingerprint density at radius 2 is 2.03 bits per heavy atom. The molecule has 1 amide bonds. The van der Waals surface area contributed by atoms with Crippen LogP contribution in [0.5, 0.6) is 0 Å². The van der Waals surface area contributed by atoms with Crippen LogP contribution in [0, 0.1) is 0 Å². The zero-order valence-corrected chi connectivity index (χ0v) is 20.4. The summed E-state index contributed by atoms with van der Waals surface area (Å²) in [4.78, 5) is 19.6. The zero-order valence-electron chi connectivity index (χ0n) is 18.8. The van der Waals surface area contributed by atoms with E-state index in [1.807, 2.05) is 44.3 Å². The SMILES string of the molecule is C[C@@H](c1nc2ccccc2s1)N(C)C(=O)CSc1nnc(-c2ccco2)n1C1CCCCC1. The van der Waals surface area contributed by atoms with Crippen molar-refractivity contribution in [2.75, 3.05) is 12.8 Å². The summed E-state index contributed by atoms with van der Waals surface area (Å²) in [5.74, 6) is 1.81. The smallest absolute Gasteiger partial charge is 0.233 e. The number of thioether (sulfide) groups is 1. The lowest BCUT2D eigenvalue weighted by molar-refractivity contribution is -0.128. The fourth-order valence-electron chi connectivity index (χ4n) is 4.30. The Kier molecular flexibility index (Phi) is 6.50. The largest absolute Gasteiger partial charge is 0.461 e. The third kappa shape index (κ3) is 4.56. The molecular formula is C24H27N5O2S2. The number of benzene rings is 1. The fraction of sp³-hybridized carbons (Fsp3) is 0.417. The van der Waals surface area contributed by atoms with Crippen LogP contribution >= 0.6 is 23.1 Å². The molecule has 1 fully saturated rings. The number of amides is 1. The number of thiazole rings is 1. The zero-order chi connectivity index (χ0) is 22.8. The highest BCUT2D eigenvalue weighted by molar-refractivity contribution is 7.99. The van der Waals surface area contributed by atoms with Crippen molar-refractivity contribution in [1.29, 1.82) is 0 Å². The van der Waals surface area contributed by atoms with Crippen LogP contribution in [0.2, 0.25) is 0 Å². The predicted octanol–water partition coefficient (Wildman–Crippen LogP) is 5.96. The van der Waals surface area contributed by atoms with Crippen LogP contribution in [0.3, 0.4) is 0 Å². The maximum atomic E-state index is 13.1. The van der Waals surface area contributed by atoms with Gasteiger partial charge in [0, 0.05) is 13.1 Å². The number of hydrogen-bond donors (Lipinski definition) is 0. The quantitative estimate of drug-likeness (QED) is 0.303. The lowest BCUT2D eigenvalue weighted by Gasteiger charge is -2.26. The highest BCUT2D eigenvalue weighted by Crippen LogP contribution is 2.36. The van der Waals surface area contributed by atoms with E-state index in [0.29, 0.717) is 17.6 Å². The molecule has 0 aliphatic heterocycles. The molecule has 1 aromatic carbocycles. The number of rotatable bonds is 7. The highest BCUT2D eigenvalue weighted by atomic mass is 32.2. The van der Waals surface area contributed by atoms with Crippen LogP contribution < -0.4 is 0 Å². The maximum Gasteiger partial charge on any atom is 0.233 e. The van der Waals surface area contributed by atoms with Crippen molar-refractivity contribution in [3.8, 4) is 11.6 Å². The van der Waals surface area contributed by atoms with Gasteiger partial charge < -0.3 is 9.32 Å². The average Bonchev–Trinajstić information content (AvgIpc) is 3.61. The Bertz CT molecular complexity index is 1190. The van der Waals surface area contributed by atoms with Crippen molar-refractivity contribution in [3.05, 3.63) is 47.7 Å². The first kappa shape index (κ1) is 22.2. The number of aromatic nitrogens is 4. The molecule has 0 unspecified atom stereocenters. The number of hydrogen-bond acceptors (Lipinski definition) is 7. The second-order valence-electron chi connectivity index (χ2n) is 8.43. The molecule has 0 radical (unpaired) electrons. The van der Waals surface area contributed by atoms with E-state index in [2.05, 4.69) is 20.8 Å². The summed E-state index contributed by atoms with van der Waals surface area (Å²) in [7, 11) is 1.85. The van der Waals surface area contributed by atoms with Gasteiger partial charge in [-0.05, 0) is 44.0 Å². The van der Waals surface area contributed by atoms with E-state index in [4.69, 9.17) is 9.40 Å². The van der Waals surface area contributed by atoms with Crippen LogP contribution in [0.15, 0.2) is 52.2 Å². The minimum absolute atomic E-state index is 0.0458. The molecule has 3 heterocycles. The van der Waals surface area contributed by atoms with E-state index in [0.717, 1.165) is 39.0 Å². The second kappa shape index (κ2) is 9.69. The van der Waals surface area contributed by atoms with Gasteiger partial charge in [-0.25, -0.2) is 4.98 Å². The van der Waals surface area contributed by atoms with Crippen molar-refractivity contribution in [3.63, 3.8) is 0 Å². The number of furan rings is 1. The molecule has 1 saturated carbocycles. The minimum Gasteiger partial charge on any atom is -0.461 e. The summed E-state index contributed by atoms with van der Waals surface area (Å²) >= 11 is 3.09. The summed E-state index contributed by atoms with van der Waals surface area (Å²) in [5, 5.41) is 10.6. The third-order valence-electron chi connectivity index (χ3n) is 6.31. The molecule has 5 rings (SSSR count). The van der Waals surface area contributed by atoms with Crippen molar-refractivity contribution in [1.82, 2.24) is 24.6 Å². The average molecular weight is 482 g/mol. The van der Waals surface area contributed by atoms with Crippen molar-refractivity contribution in [2.24, 2.45) is 0 Å². The molecule has 3 aromatic heterocycles. The molecule has 0 saturated heterocycles. The molecule has 1 aliphatic rings. The van der Waals surface area contributed by atoms with E-state index >= 15 is 0 Å². The molecule has 1 atom stereocenters. The molecule has 33 heavy (non-hydrogen) atoms. The van der Waals surface area contributed by atoms with Crippen molar-refractivity contribution in [2.45, 2.75) is 56.3 Å². The van der Waals surface area contributed by atoms with Gasteiger partial charge in [-0.3, -0.25) is 9.36 Å². The monoisotopic (exact) mass is 481 g/mol. The second-order valence-corrected chi connectivity index (χ2v) is 10.4. The number of nitrogens with zero attached hydrogens (tertiary/aromatic N) is 5. The molecule has 172 valence electrons. The Morgan fingerprint density at radius 3 is 2.79 bits per heavy atom. The molecule has 1 aliphatic carbocycles. The lowest BCUT2D eigenvalue weighted by atomic mass is 9.95. The third-order valence-corrected chi connectivity index (χ3v) is 8.45. The van der Waals surface area contributed by atoms with Gasteiger partial charge in [0.15, 0.2) is 10.9 Å². The van der Waals surface area contributed by atoms with Gasteiger partial charge in [0.2, 0.25) is 11.7 Å². The summed E-state index contributed by atoms with van der Waals surface area (Å²) < 4.78 is 8.95. The topological polar surface area (TPSA) is 77.1 Å². The Hall–Kier alpha value is -2.65.